The van der Waals surface area contributed by atoms with Crippen LogP contribution in [0.5, 0.6) is 0 Å². The maximum absolute atomic E-state index is 12.6. The first-order chi connectivity index (χ1) is 11.6. The predicted molar refractivity (Wildman–Crippen MR) is 102 cm³/mol. The molecule has 0 spiro atoms. The summed E-state index contributed by atoms with van der Waals surface area (Å²) in [4.78, 5) is 14.2. The number of benzene rings is 2. The lowest BCUT2D eigenvalue weighted by atomic mass is 10.1. The van der Waals surface area contributed by atoms with E-state index in [-0.39, 0.29) is 5.91 Å². The summed E-state index contributed by atoms with van der Waals surface area (Å²) in [5, 5.41) is 4.02. The molecule has 0 radical (unpaired) electrons. The van der Waals surface area contributed by atoms with Gasteiger partial charge in [-0.2, -0.15) is 0 Å². The van der Waals surface area contributed by atoms with Gasteiger partial charge in [0.2, 0.25) is 0 Å². The Balaban J connectivity index is 1.80. The Kier molecular flexibility index (Phi) is 4.97. The molecule has 0 saturated carbocycles. The smallest absolute Gasteiger partial charge is 0.276 e. The van der Waals surface area contributed by atoms with Crippen LogP contribution < -0.4 is 5.32 Å². The molecule has 2 aromatic carbocycles. The maximum atomic E-state index is 12.6. The minimum absolute atomic E-state index is 0.139. The van der Waals surface area contributed by atoms with Crippen molar-refractivity contribution >= 4 is 40.9 Å². The Hall–Kier alpha value is -2.17. The minimum Gasteiger partial charge on any atom is -0.328 e. The van der Waals surface area contributed by atoms with Crippen molar-refractivity contribution in [1.82, 2.24) is 10.2 Å². The third-order valence-corrected chi connectivity index (χ3v) is 4.64. The normalized spacial score (nSPS) is 15.9. The standard InChI is InChI=1S/C19H17ClN2OS/c1-2-13-7-9-14(10-8-13)11-17-18(23)22(19(24)21-17)12-15-5-3-4-6-16(15)20/h3-11H,2,12H2,1H3,(H,21,24)/b17-11-. The number of carbonyl (C=O) groups excluding carboxylic acids is 1. The highest BCUT2D eigenvalue weighted by Gasteiger charge is 2.30. The zero-order chi connectivity index (χ0) is 17.1. The van der Waals surface area contributed by atoms with Gasteiger partial charge in [0.05, 0.1) is 6.54 Å². The Morgan fingerprint density at radius 3 is 2.54 bits per heavy atom. The van der Waals surface area contributed by atoms with Crippen molar-refractivity contribution < 1.29 is 4.79 Å². The van der Waals surface area contributed by atoms with Crippen LogP contribution in [0.3, 0.4) is 0 Å². The number of hydrogen-bond donors (Lipinski definition) is 1. The van der Waals surface area contributed by atoms with Gasteiger partial charge in [-0.1, -0.05) is 61.0 Å². The minimum atomic E-state index is -0.139. The molecule has 3 rings (SSSR count). The molecule has 0 atom stereocenters. The van der Waals surface area contributed by atoms with Crippen LogP contribution in [0, 0.1) is 0 Å². The van der Waals surface area contributed by atoms with Crippen molar-refractivity contribution in [3.05, 3.63) is 75.9 Å². The van der Waals surface area contributed by atoms with Crippen molar-refractivity contribution in [3.8, 4) is 0 Å². The van der Waals surface area contributed by atoms with Crippen LogP contribution in [-0.4, -0.2) is 15.9 Å². The number of halogens is 1. The Bertz CT molecular complexity index is 814. The van der Waals surface area contributed by atoms with Crippen LogP contribution in [0.15, 0.2) is 54.2 Å². The summed E-state index contributed by atoms with van der Waals surface area (Å²) in [5.74, 6) is -0.139. The molecular weight excluding hydrogens is 340 g/mol. The second-order valence-corrected chi connectivity index (χ2v) is 6.36. The summed E-state index contributed by atoms with van der Waals surface area (Å²) in [6.45, 7) is 2.47. The number of hydrogen-bond acceptors (Lipinski definition) is 2. The van der Waals surface area contributed by atoms with E-state index in [0.29, 0.717) is 22.4 Å². The fourth-order valence-electron chi connectivity index (χ4n) is 2.53. The van der Waals surface area contributed by atoms with Gasteiger partial charge in [0.1, 0.15) is 5.70 Å². The van der Waals surface area contributed by atoms with E-state index in [2.05, 4.69) is 24.4 Å². The van der Waals surface area contributed by atoms with E-state index in [9.17, 15) is 4.79 Å². The first-order valence-electron chi connectivity index (χ1n) is 7.75. The largest absolute Gasteiger partial charge is 0.328 e. The van der Waals surface area contributed by atoms with E-state index in [1.807, 2.05) is 36.4 Å². The second kappa shape index (κ2) is 7.16. The molecule has 0 aromatic heterocycles. The summed E-state index contributed by atoms with van der Waals surface area (Å²) in [6, 6.07) is 15.6. The quantitative estimate of drug-likeness (QED) is 0.659. The lowest BCUT2D eigenvalue weighted by Crippen LogP contribution is -2.30. The fraction of sp³-hybridized carbons (Fsp3) is 0.158. The van der Waals surface area contributed by atoms with Gasteiger partial charge in [-0.05, 0) is 47.5 Å². The van der Waals surface area contributed by atoms with Crippen LogP contribution in [0.2, 0.25) is 5.02 Å². The average Bonchev–Trinajstić information content (AvgIpc) is 2.85. The van der Waals surface area contributed by atoms with Crippen LogP contribution in [0.1, 0.15) is 23.6 Å². The number of carbonyl (C=O) groups is 1. The van der Waals surface area contributed by atoms with E-state index in [0.717, 1.165) is 17.5 Å². The van der Waals surface area contributed by atoms with E-state index in [1.165, 1.54) is 10.5 Å². The topological polar surface area (TPSA) is 32.3 Å². The number of nitrogens with zero attached hydrogens (tertiary/aromatic N) is 1. The molecule has 1 N–H and O–H groups in total. The summed E-state index contributed by atoms with van der Waals surface area (Å²) in [5.41, 5.74) is 3.57. The molecule has 1 aliphatic heterocycles. The number of thiocarbonyl (C=S) groups is 1. The summed E-state index contributed by atoms with van der Waals surface area (Å²) < 4.78 is 0. The SMILES string of the molecule is CCc1ccc(/C=C2\NC(=S)N(Cc3ccccc3Cl)C2=O)cc1. The molecule has 1 saturated heterocycles. The first kappa shape index (κ1) is 16.7. The predicted octanol–water partition coefficient (Wildman–Crippen LogP) is 4.16. The van der Waals surface area contributed by atoms with Gasteiger partial charge in [-0.3, -0.25) is 9.69 Å². The highest BCUT2D eigenvalue weighted by atomic mass is 35.5. The molecule has 0 bridgehead atoms. The highest BCUT2D eigenvalue weighted by molar-refractivity contribution is 7.80. The molecular formula is C19H17ClN2OS. The van der Waals surface area contributed by atoms with E-state index < -0.39 is 0 Å². The number of aryl methyl sites for hydroxylation is 1. The highest BCUT2D eigenvalue weighted by Crippen LogP contribution is 2.21. The molecule has 24 heavy (non-hydrogen) atoms. The first-order valence-corrected chi connectivity index (χ1v) is 8.54. The zero-order valence-electron chi connectivity index (χ0n) is 13.3. The molecule has 1 fully saturated rings. The molecule has 3 nitrogen and oxygen atoms in total. The molecule has 1 heterocycles. The van der Waals surface area contributed by atoms with Gasteiger partial charge >= 0.3 is 0 Å². The van der Waals surface area contributed by atoms with E-state index in [4.69, 9.17) is 23.8 Å². The lowest BCUT2D eigenvalue weighted by molar-refractivity contribution is -0.122. The van der Waals surface area contributed by atoms with Crippen molar-refractivity contribution in [3.63, 3.8) is 0 Å². The third kappa shape index (κ3) is 3.50. The van der Waals surface area contributed by atoms with Crippen molar-refractivity contribution in [1.29, 1.82) is 0 Å². The number of amides is 1. The van der Waals surface area contributed by atoms with Crippen LogP contribution >= 0.6 is 23.8 Å². The van der Waals surface area contributed by atoms with Crippen molar-refractivity contribution in [2.75, 3.05) is 0 Å². The van der Waals surface area contributed by atoms with Crippen LogP contribution in [0.4, 0.5) is 0 Å². The molecule has 1 aliphatic rings. The Labute approximate surface area is 151 Å². The zero-order valence-corrected chi connectivity index (χ0v) is 14.8. The molecule has 2 aromatic rings. The van der Waals surface area contributed by atoms with Gasteiger partial charge in [-0.15, -0.1) is 0 Å². The lowest BCUT2D eigenvalue weighted by Gasteiger charge is -2.14. The fourth-order valence-corrected chi connectivity index (χ4v) is 2.98. The van der Waals surface area contributed by atoms with E-state index in [1.54, 1.807) is 6.07 Å². The van der Waals surface area contributed by atoms with Gasteiger partial charge in [0.15, 0.2) is 5.11 Å². The number of rotatable bonds is 4. The van der Waals surface area contributed by atoms with Gasteiger partial charge in [0.25, 0.3) is 5.91 Å². The van der Waals surface area contributed by atoms with Gasteiger partial charge in [0, 0.05) is 5.02 Å². The molecule has 0 unspecified atom stereocenters. The Morgan fingerprint density at radius 1 is 1.17 bits per heavy atom. The monoisotopic (exact) mass is 356 g/mol. The van der Waals surface area contributed by atoms with Crippen molar-refractivity contribution in [2.45, 2.75) is 19.9 Å². The van der Waals surface area contributed by atoms with Gasteiger partial charge < -0.3 is 5.32 Å². The second-order valence-electron chi connectivity index (χ2n) is 5.57. The van der Waals surface area contributed by atoms with Gasteiger partial charge in [-0.25, -0.2) is 0 Å². The third-order valence-electron chi connectivity index (χ3n) is 3.95. The summed E-state index contributed by atoms with van der Waals surface area (Å²) in [6.07, 6.45) is 2.81. The van der Waals surface area contributed by atoms with E-state index >= 15 is 0 Å². The van der Waals surface area contributed by atoms with Crippen molar-refractivity contribution in [2.24, 2.45) is 0 Å². The van der Waals surface area contributed by atoms with Crippen LogP contribution in [0.25, 0.3) is 6.08 Å². The number of nitrogens with one attached hydrogen (secondary N) is 1. The Morgan fingerprint density at radius 2 is 1.88 bits per heavy atom. The summed E-state index contributed by atoms with van der Waals surface area (Å²) >= 11 is 11.5. The molecule has 122 valence electrons. The average molecular weight is 357 g/mol. The van der Waals surface area contributed by atoms with Crippen LogP contribution in [-0.2, 0) is 17.8 Å². The molecule has 5 heteroatoms. The summed E-state index contributed by atoms with van der Waals surface area (Å²) in [7, 11) is 0. The molecule has 1 amide bonds. The maximum Gasteiger partial charge on any atom is 0.276 e. The molecule has 0 aliphatic carbocycles.